The molecule has 86 valence electrons. The fourth-order valence-corrected chi connectivity index (χ4v) is 3.03. The molecular formula is C9H13N5S2. The van der Waals surface area contributed by atoms with Crippen LogP contribution in [0.15, 0.2) is 6.20 Å². The van der Waals surface area contributed by atoms with Crippen molar-refractivity contribution in [3.63, 3.8) is 0 Å². The lowest BCUT2D eigenvalue weighted by Crippen LogP contribution is -2.21. The summed E-state index contributed by atoms with van der Waals surface area (Å²) in [7, 11) is 0. The van der Waals surface area contributed by atoms with Crippen molar-refractivity contribution in [1.82, 2.24) is 15.2 Å². The van der Waals surface area contributed by atoms with Gasteiger partial charge in [0.25, 0.3) is 0 Å². The average molecular weight is 255 g/mol. The summed E-state index contributed by atoms with van der Waals surface area (Å²) in [6, 6.07) is 0. The standard InChI is InChI=1S/C9H13N5S2/c1-3-14(4-2)9-11-5-6(15-9)7-12-13-8(10)16-7/h5H,3-4H2,1-2H3,(H2,10,13). The van der Waals surface area contributed by atoms with E-state index in [2.05, 4.69) is 33.9 Å². The highest BCUT2D eigenvalue weighted by Gasteiger charge is 2.11. The summed E-state index contributed by atoms with van der Waals surface area (Å²) in [4.78, 5) is 7.62. The highest BCUT2D eigenvalue weighted by atomic mass is 32.1. The van der Waals surface area contributed by atoms with Gasteiger partial charge in [-0.3, -0.25) is 0 Å². The van der Waals surface area contributed by atoms with Crippen LogP contribution in [0.1, 0.15) is 13.8 Å². The maximum absolute atomic E-state index is 5.55. The summed E-state index contributed by atoms with van der Waals surface area (Å²) >= 11 is 3.01. The Morgan fingerprint density at radius 2 is 2.00 bits per heavy atom. The molecular weight excluding hydrogens is 242 g/mol. The van der Waals surface area contributed by atoms with Gasteiger partial charge in [0.15, 0.2) is 10.1 Å². The number of nitrogen functional groups attached to an aromatic ring is 1. The maximum Gasteiger partial charge on any atom is 0.203 e. The Morgan fingerprint density at radius 1 is 1.25 bits per heavy atom. The lowest BCUT2D eigenvalue weighted by Gasteiger charge is -2.16. The van der Waals surface area contributed by atoms with Crippen LogP contribution in [-0.4, -0.2) is 28.3 Å². The van der Waals surface area contributed by atoms with Crippen molar-refractivity contribution >= 4 is 32.9 Å². The molecule has 0 aliphatic carbocycles. The molecule has 2 rings (SSSR count). The van der Waals surface area contributed by atoms with E-state index >= 15 is 0 Å². The molecule has 0 atom stereocenters. The van der Waals surface area contributed by atoms with Crippen molar-refractivity contribution in [3.8, 4) is 9.88 Å². The Bertz CT molecular complexity index is 460. The molecule has 0 fully saturated rings. The van der Waals surface area contributed by atoms with Crippen LogP contribution in [0.4, 0.5) is 10.3 Å². The second kappa shape index (κ2) is 4.75. The van der Waals surface area contributed by atoms with Crippen molar-refractivity contribution in [2.75, 3.05) is 23.7 Å². The number of anilines is 2. The highest BCUT2D eigenvalue weighted by molar-refractivity contribution is 7.24. The van der Waals surface area contributed by atoms with Crippen molar-refractivity contribution in [2.45, 2.75) is 13.8 Å². The second-order valence-electron chi connectivity index (χ2n) is 3.12. The van der Waals surface area contributed by atoms with Crippen LogP contribution in [0.3, 0.4) is 0 Å². The van der Waals surface area contributed by atoms with Crippen LogP contribution >= 0.6 is 22.7 Å². The second-order valence-corrected chi connectivity index (χ2v) is 5.14. The average Bonchev–Trinajstić information content (AvgIpc) is 2.89. The van der Waals surface area contributed by atoms with E-state index in [9.17, 15) is 0 Å². The number of hydrogen-bond donors (Lipinski definition) is 1. The minimum absolute atomic E-state index is 0.493. The summed E-state index contributed by atoms with van der Waals surface area (Å²) in [5, 5.41) is 10.2. The monoisotopic (exact) mass is 255 g/mol. The van der Waals surface area contributed by atoms with Gasteiger partial charge in [-0.05, 0) is 13.8 Å². The molecule has 0 aliphatic rings. The first-order chi connectivity index (χ1) is 7.74. The van der Waals surface area contributed by atoms with Crippen LogP contribution in [-0.2, 0) is 0 Å². The van der Waals surface area contributed by atoms with Crippen molar-refractivity contribution in [1.29, 1.82) is 0 Å². The van der Waals surface area contributed by atoms with Gasteiger partial charge >= 0.3 is 0 Å². The van der Waals surface area contributed by atoms with Crippen LogP contribution in [0.25, 0.3) is 9.88 Å². The van der Waals surface area contributed by atoms with Gasteiger partial charge in [-0.25, -0.2) is 4.98 Å². The van der Waals surface area contributed by atoms with Gasteiger partial charge < -0.3 is 10.6 Å². The Hall–Kier alpha value is -1.21. The molecule has 0 unspecified atom stereocenters. The molecule has 5 nitrogen and oxygen atoms in total. The predicted molar refractivity (Wildman–Crippen MR) is 69.0 cm³/mol. The van der Waals surface area contributed by atoms with E-state index in [1.807, 2.05) is 6.20 Å². The van der Waals surface area contributed by atoms with E-state index in [4.69, 9.17) is 5.73 Å². The van der Waals surface area contributed by atoms with Gasteiger partial charge in [0.05, 0.1) is 11.1 Å². The fourth-order valence-electron chi connectivity index (χ4n) is 1.34. The van der Waals surface area contributed by atoms with Gasteiger partial charge in [0.2, 0.25) is 5.13 Å². The van der Waals surface area contributed by atoms with E-state index in [-0.39, 0.29) is 0 Å². The van der Waals surface area contributed by atoms with Crippen LogP contribution in [0, 0.1) is 0 Å². The zero-order chi connectivity index (χ0) is 11.5. The molecule has 0 aliphatic heterocycles. The Morgan fingerprint density at radius 3 is 2.56 bits per heavy atom. The van der Waals surface area contributed by atoms with Crippen molar-refractivity contribution < 1.29 is 0 Å². The predicted octanol–water partition coefficient (Wildman–Crippen LogP) is 2.09. The number of aromatic nitrogens is 3. The van der Waals surface area contributed by atoms with Gasteiger partial charge in [0.1, 0.15) is 0 Å². The fraction of sp³-hybridized carbons (Fsp3) is 0.444. The largest absolute Gasteiger partial charge is 0.374 e. The minimum atomic E-state index is 0.493. The smallest absolute Gasteiger partial charge is 0.203 e. The van der Waals surface area contributed by atoms with E-state index in [1.54, 1.807) is 11.3 Å². The van der Waals surface area contributed by atoms with Gasteiger partial charge in [0, 0.05) is 13.1 Å². The van der Waals surface area contributed by atoms with E-state index in [0.717, 1.165) is 28.1 Å². The normalized spacial score (nSPS) is 10.6. The molecule has 0 amide bonds. The van der Waals surface area contributed by atoms with Gasteiger partial charge in [-0.2, -0.15) is 0 Å². The number of nitrogens with zero attached hydrogens (tertiary/aromatic N) is 4. The summed E-state index contributed by atoms with van der Waals surface area (Å²) < 4.78 is 0. The van der Waals surface area contributed by atoms with Gasteiger partial charge in [-0.1, -0.05) is 22.7 Å². The Labute approximate surface area is 102 Å². The quantitative estimate of drug-likeness (QED) is 0.906. The third kappa shape index (κ3) is 2.14. The third-order valence-corrected chi connectivity index (χ3v) is 4.16. The van der Waals surface area contributed by atoms with E-state index in [0.29, 0.717) is 5.13 Å². The van der Waals surface area contributed by atoms with Crippen molar-refractivity contribution in [3.05, 3.63) is 6.20 Å². The first-order valence-corrected chi connectivity index (χ1v) is 6.68. The van der Waals surface area contributed by atoms with E-state index < -0.39 is 0 Å². The highest BCUT2D eigenvalue weighted by Crippen LogP contribution is 2.33. The third-order valence-electron chi connectivity index (χ3n) is 2.18. The van der Waals surface area contributed by atoms with Crippen LogP contribution < -0.4 is 10.6 Å². The molecule has 2 N–H and O–H groups in total. The first-order valence-electron chi connectivity index (χ1n) is 5.04. The minimum Gasteiger partial charge on any atom is -0.374 e. The number of nitrogens with two attached hydrogens (primary N) is 1. The molecule has 0 saturated carbocycles. The summed E-state index contributed by atoms with van der Waals surface area (Å²) in [6.07, 6.45) is 1.83. The Balaban J connectivity index is 2.25. The zero-order valence-electron chi connectivity index (χ0n) is 9.17. The Kier molecular flexibility index (Phi) is 3.35. The lowest BCUT2D eigenvalue weighted by molar-refractivity contribution is 0.860. The molecule has 2 aromatic heterocycles. The molecule has 0 bridgehead atoms. The topological polar surface area (TPSA) is 67.9 Å². The first kappa shape index (κ1) is 11.3. The van der Waals surface area contributed by atoms with Crippen LogP contribution in [0.2, 0.25) is 0 Å². The summed E-state index contributed by atoms with van der Waals surface area (Å²) in [5.74, 6) is 0. The molecule has 0 radical (unpaired) electrons. The number of rotatable bonds is 4. The molecule has 2 heterocycles. The molecule has 2 aromatic rings. The van der Waals surface area contributed by atoms with Crippen molar-refractivity contribution in [2.24, 2.45) is 0 Å². The summed E-state index contributed by atoms with van der Waals surface area (Å²) in [6.45, 7) is 6.16. The van der Waals surface area contributed by atoms with Gasteiger partial charge in [-0.15, -0.1) is 10.2 Å². The van der Waals surface area contributed by atoms with E-state index in [1.165, 1.54) is 11.3 Å². The molecule has 0 aromatic carbocycles. The number of thiazole rings is 1. The lowest BCUT2D eigenvalue weighted by atomic mass is 10.5. The molecule has 16 heavy (non-hydrogen) atoms. The number of hydrogen-bond acceptors (Lipinski definition) is 7. The maximum atomic E-state index is 5.55. The molecule has 0 saturated heterocycles. The summed E-state index contributed by atoms with van der Waals surface area (Å²) in [5.41, 5.74) is 5.55. The van der Waals surface area contributed by atoms with Crippen LogP contribution in [0.5, 0.6) is 0 Å². The molecule has 0 spiro atoms. The SMILES string of the molecule is CCN(CC)c1ncc(-c2nnc(N)s2)s1. The zero-order valence-corrected chi connectivity index (χ0v) is 10.8. The molecule has 7 heteroatoms.